The Balaban J connectivity index is 1.31. The third-order valence-corrected chi connectivity index (χ3v) is 7.04. The van der Waals surface area contributed by atoms with Crippen LogP contribution in [0.5, 0.6) is 0 Å². The van der Waals surface area contributed by atoms with E-state index in [9.17, 15) is 4.79 Å². The van der Waals surface area contributed by atoms with Crippen LogP contribution in [0.1, 0.15) is 56.1 Å². The number of H-pyrrole nitrogens is 1. The van der Waals surface area contributed by atoms with Gasteiger partial charge in [-0.2, -0.15) is 5.10 Å². The minimum atomic E-state index is -0.0998. The van der Waals surface area contributed by atoms with Crippen molar-refractivity contribution in [3.05, 3.63) is 47.9 Å². The molecule has 2 aromatic heterocycles. The summed E-state index contributed by atoms with van der Waals surface area (Å²) in [6, 6.07) is 8.51. The van der Waals surface area contributed by atoms with E-state index in [1.54, 1.807) is 0 Å². The van der Waals surface area contributed by atoms with E-state index < -0.39 is 0 Å². The van der Waals surface area contributed by atoms with Crippen molar-refractivity contribution in [2.75, 3.05) is 26.2 Å². The molecular weight excluding hydrogens is 412 g/mol. The molecule has 7 heteroatoms. The summed E-state index contributed by atoms with van der Waals surface area (Å²) in [6.07, 6.45) is 7.05. The fraction of sp³-hybridized carbons (Fsp3) is 0.500. The van der Waals surface area contributed by atoms with Crippen molar-refractivity contribution >= 4 is 16.8 Å². The molecule has 2 saturated heterocycles. The highest BCUT2D eigenvalue weighted by Crippen LogP contribution is 2.27. The van der Waals surface area contributed by atoms with E-state index in [1.165, 1.54) is 25.1 Å². The smallest absolute Gasteiger partial charge is 0.272 e. The Hall–Kier alpha value is -2.77. The third-order valence-electron chi connectivity index (χ3n) is 7.04. The fourth-order valence-corrected chi connectivity index (χ4v) is 4.85. The topological polar surface area (TPSA) is 77.1 Å². The molecule has 0 radical (unpaired) electrons. The summed E-state index contributed by atoms with van der Waals surface area (Å²) < 4.78 is 0. The lowest BCUT2D eigenvalue weighted by molar-refractivity contribution is 0.0810. The van der Waals surface area contributed by atoms with Crippen LogP contribution in [0.3, 0.4) is 0 Å². The average Bonchev–Trinajstić information content (AvgIpc) is 3.20. The van der Waals surface area contributed by atoms with Crippen LogP contribution in [0.4, 0.5) is 0 Å². The Morgan fingerprint density at radius 3 is 2.58 bits per heavy atom. The van der Waals surface area contributed by atoms with Crippen molar-refractivity contribution in [2.45, 2.75) is 58.2 Å². The number of hydrogen-bond acceptors (Lipinski definition) is 5. The minimum absolute atomic E-state index is 0.0998. The normalized spacial score (nSPS) is 18.4. The molecule has 1 aromatic carbocycles. The van der Waals surface area contributed by atoms with Gasteiger partial charge in [-0.05, 0) is 82.4 Å². The number of amides is 1. The minimum Gasteiger partial charge on any atom is -0.348 e. The molecule has 1 amide bonds. The Morgan fingerprint density at radius 2 is 1.88 bits per heavy atom. The standard InChI is InChI=1S/C26H34N6O/c1-26(2,3)32-11-7-21(8-12-32)28-25(33)24-22-14-19(5-6-23(22)29-30-24)20-13-18(15-27-16-20)17-31-9-4-10-31/h5-6,13-16,21H,4,7-12,17H2,1-3H3,(H,28,33)(H,29,30). The van der Waals surface area contributed by atoms with Crippen LogP contribution in [0.15, 0.2) is 36.7 Å². The Kier molecular flexibility index (Phi) is 5.93. The predicted molar refractivity (Wildman–Crippen MR) is 131 cm³/mol. The molecule has 2 fully saturated rings. The van der Waals surface area contributed by atoms with Gasteiger partial charge in [0.15, 0.2) is 5.69 Å². The first kappa shape index (κ1) is 22.0. The highest BCUT2D eigenvalue weighted by molar-refractivity contribution is 6.05. The van der Waals surface area contributed by atoms with E-state index in [4.69, 9.17) is 0 Å². The molecule has 4 heterocycles. The first-order chi connectivity index (χ1) is 15.9. The number of likely N-dealkylation sites (tertiary alicyclic amines) is 2. The number of rotatable bonds is 5. The first-order valence-electron chi connectivity index (χ1n) is 12.1. The maximum Gasteiger partial charge on any atom is 0.272 e. The lowest BCUT2D eigenvalue weighted by atomic mass is 9.98. The Morgan fingerprint density at radius 1 is 1.09 bits per heavy atom. The number of piperidine rings is 1. The van der Waals surface area contributed by atoms with Gasteiger partial charge < -0.3 is 5.32 Å². The number of carbonyl (C=O) groups is 1. The van der Waals surface area contributed by atoms with Crippen LogP contribution in [0.25, 0.3) is 22.0 Å². The summed E-state index contributed by atoms with van der Waals surface area (Å²) in [5, 5.41) is 11.5. The van der Waals surface area contributed by atoms with Crippen molar-refractivity contribution in [1.29, 1.82) is 0 Å². The monoisotopic (exact) mass is 446 g/mol. The van der Waals surface area contributed by atoms with E-state index in [2.05, 4.69) is 69.3 Å². The number of fused-ring (bicyclic) bond motifs is 1. The molecule has 174 valence electrons. The quantitative estimate of drug-likeness (QED) is 0.623. The second kappa shape index (κ2) is 8.88. The van der Waals surface area contributed by atoms with Gasteiger partial charge in [0.05, 0.1) is 5.52 Å². The summed E-state index contributed by atoms with van der Waals surface area (Å²) in [5.41, 5.74) is 4.85. The van der Waals surface area contributed by atoms with Crippen LogP contribution >= 0.6 is 0 Å². The maximum atomic E-state index is 13.1. The van der Waals surface area contributed by atoms with Gasteiger partial charge in [-0.1, -0.05) is 6.07 Å². The summed E-state index contributed by atoms with van der Waals surface area (Å²) in [7, 11) is 0. The van der Waals surface area contributed by atoms with E-state index in [-0.39, 0.29) is 17.5 Å². The molecular formula is C26H34N6O. The molecule has 0 atom stereocenters. The predicted octanol–water partition coefficient (Wildman–Crippen LogP) is 3.82. The van der Waals surface area contributed by atoms with E-state index in [0.29, 0.717) is 5.69 Å². The Labute approximate surface area is 195 Å². The lowest BCUT2D eigenvalue weighted by Gasteiger charge is -2.40. The van der Waals surface area contributed by atoms with Gasteiger partial charge in [-0.15, -0.1) is 0 Å². The molecule has 33 heavy (non-hydrogen) atoms. The molecule has 2 aliphatic heterocycles. The van der Waals surface area contributed by atoms with Gasteiger partial charge in [0, 0.05) is 54.6 Å². The van der Waals surface area contributed by atoms with Crippen LogP contribution < -0.4 is 5.32 Å². The number of aromatic amines is 1. The lowest BCUT2D eigenvalue weighted by Crippen LogP contribution is -2.50. The molecule has 2 N–H and O–H groups in total. The second-order valence-corrected chi connectivity index (χ2v) is 10.4. The molecule has 3 aromatic rings. The second-order valence-electron chi connectivity index (χ2n) is 10.4. The average molecular weight is 447 g/mol. The van der Waals surface area contributed by atoms with E-state index >= 15 is 0 Å². The molecule has 2 aliphatic rings. The molecule has 0 spiro atoms. The molecule has 0 saturated carbocycles. The maximum absolute atomic E-state index is 13.1. The molecule has 7 nitrogen and oxygen atoms in total. The van der Waals surface area contributed by atoms with Gasteiger partial charge in [-0.3, -0.25) is 24.7 Å². The number of nitrogens with zero attached hydrogens (tertiary/aromatic N) is 4. The molecule has 0 aliphatic carbocycles. The van der Waals surface area contributed by atoms with Gasteiger partial charge in [0.2, 0.25) is 0 Å². The number of nitrogens with one attached hydrogen (secondary N) is 2. The van der Waals surface area contributed by atoms with Crippen LogP contribution in [-0.2, 0) is 6.54 Å². The highest BCUT2D eigenvalue weighted by atomic mass is 16.2. The van der Waals surface area contributed by atoms with E-state index in [0.717, 1.165) is 54.5 Å². The largest absolute Gasteiger partial charge is 0.348 e. The van der Waals surface area contributed by atoms with Crippen LogP contribution in [0.2, 0.25) is 0 Å². The van der Waals surface area contributed by atoms with Crippen molar-refractivity contribution in [1.82, 2.24) is 30.3 Å². The van der Waals surface area contributed by atoms with Gasteiger partial charge in [-0.25, -0.2) is 0 Å². The summed E-state index contributed by atoms with van der Waals surface area (Å²) >= 11 is 0. The SMILES string of the molecule is CC(C)(C)N1CCC(NC(=O)c2n[nH]c3ccc(-c4cncc(CN5CCC5)c4)cc23)CC1. The zero-order chi connectivity index (χ0) is 23.0. The molecule has 0 bridgehead atoms. The zero-order valence-corrected chi connectivity index (χ0v) is 19.9. The number of hydrogen-bond donors (Lipinski definition) is 2. The summed E-state index contributed by atoms with van der Waals surface area (Å²) in [4.78, 5) is 22.5. The van der Waals surface area contributed by atoms with Crippen LogP contribution in [0, 0.1) is 0 Å². The van der Waals surface area contributed by atoms with Crippen LogP contribution in [-0.4, -0.2) is 68.6 Å². The fourth-order valence-electron chi connectivity index (χ4n) is 4.85. The van der Waals surface area contributed by atoms with Crippen molar-refractivity contribution < 1.29 is 4.79 Å². The van der Waals surface area contributed by atoms with Gasteiger partial charge in [0.1, 0.15) is 0 Å². The van der Waals surface area contributed by atoms with Gasteiger partial charge in [0.25, 0.3) is 5.91 Å². The van der Waals surface area contributed by atoms with Crippen molar-refractivity contribution in [3.63, 3.8) is 0 Å². The van der Waals surface area contributed by atoms with Crippen molar-refractivity contribution in [3.8, 4) is 11.1 Å². The zero-order valence-electron chi connectivity index (χ0n) is 19.9. The number of benzene rings is 1. The first-order valence-corrected chi connectivity index (χ1v) is 12.1. The van der Waals surface area contributed by atoms with Gasteiger partial charge >= 0.3 is 0 Å². The molecule has 5 rings (SSSR count). The highest BCUT2D eigenvalue weighted by Gasteiger charge is 2.28. The number of aromatic nitrogens is 3. The van der Waals surface area contributed by atoms with Crippen molar-refractivity contribution in [2.24, 2.45) is 0 Å². The number of carbonyl (C=O) groups excluding carboxylic acids is 1. The molecule has 0 unspecified atom stereocenters. The Bertz CT molecular complexity index is 1140. The third kappa shape index (κ3) is 4.80. The number of pyridine rings is 1. The summed E-state index contributed by atoms with van der Waals surface area (Å²) in [6.45, 7) is 12.0. The summed E-state index contributed by atoms with van der Waals surface area (Å²) in [5.74, 6) is -0.0998. The van der Waals surface area contributed by atoms with E-state index in [1.807, 2.05) is 18.5 Å².